The number of aryl methyl sites for hydroxylation is 1. The number of nitrogens with zero attached hydrogens (tertiary/aromatic N) is 6. The average Bonchev–Trinajstić information content (AvgIpc) is 3.06. The van der Waals surface area contributed by atoms with Gasteiger partial charge in [-0.3, -0.25) is 0 Å². The van der Waals surface area contributed by atoms with Gasteiger partial charge in [-0.15, -0.1) is 5.10 Å². The van der Waals surface area contributed by atoms with Crippen molar-refractivity contribution in [3.05, 3.63) is 29.8 Å². The maximum absolute atomic E-state index is 10.8. The Labute approximate surface area is 123 Å². The van der Waals surface area contributed by atoms with Crippen LogP contribution in [0.25, 0.3) is 0 Å². The SMILES string of the molecule is Cc1ccnc(N2CC[C@](O)(c3cn(C(C)C)nn3)C2)n1. The molecule has 21 heavy (non-hydrogen) atoms. The zero-order valence-electron chi connectivity index (χ0n) is 12.6. The van der Waals surface area contributed by atoms with Gasteiger partial charge >= 0.3 is 0 Å². The van der Waals surface area contributed by atoms with Crippen LogP contribution in [0.1, 0.15) is 37.7 Å². The molecule has 1 atom stereocenters. The van der Waals surface area contributed by atoms with Gasteiger partial charge in [0.1, 0.15) is 11.3 Å². The van der Waals surface area contributed by atoms with Gasteiger partial charge in [0.2, 0.25) is 5.95 Å². The lowest BCUT2D eigenvalue weighted by molar-refractivity contribution is 0.0558. The van der Waals surface area contributed by atoms with E-state index in [1.54, 1.807) is 10.9 Å². The number of rotatable bonds is 3. The fourth-order valence-corrected chi connectivity index (χ4v) is 2.50. The predicted octanol–water partition coefficient (Wildman–Crippen LogP) is 1.06. The molecular weight excluding hydrogens is 268 g/mol. The van der Waals surface area contributed by atoms with Crippen LogP contribution in [0.5, 0.6) is 0 Å². The largest absolute Gasteiger partial charge is 0.381 e. The second kappa shape index (κ2) is 5.07. The molecular formula is C14H20N6O. The minimum atomic E-state index is -0.986. The summed E-state index contributed by atoms with van der Waals surface area (Å²) < 4.78 is 1.76. The summed E-state index contributed by atoms with van der Waals surface area (Å²) >= 11 is 0. The molecule has 7 nitrogen and oxygen atoms in total. The quantitative estimate of drug-likeness (QED) is 0.909. The summed E-state index contributed by atoms with van der Waals surface area (Å²) in [6.45, 7) is 7.14. The van der Waals surface area contributed by atoms with E-state index < -0.39 is 5.60 Å². The molecule has 2 aromatic heterocycles. The van der Waals surface area contributed by atoms with Crippen molar-refractivity contribution in [3.8, 4) is 0 Å². The van der Waals surface area contributed by atoms with Crippen LogP contribution in [0, 0.1) is 6.92 Å². The van der Waals surface area contributed by atoms with Crippen LogP contribution in [0.3, 0.4) is 0 Å². The van der Waals surface area contributed by atoms with Gasteiger partial charge in [0.25, 0.3) is 0 Å². The van der Waals surface area contributed by atoms with E-state index in [9.17, 15) is 5.11 Å². The number of anilines is 1. The van der Waals surface area contributed by atoms with Gasteiger partial charge in [0.05, 0.1) is 12.7 Å². The fourth-order valence-electron chi connectivity index (χ4n) is 2.50. The zero-order valence-corrected chi connectivity index (χ0v) is 12.6. The van der Waals surface area contributed by atoms with Crippen LogP contribution in [-0.2, 0) is 5.60 Å². The molecule has 1 aliphatic rings. The number of hydrogen-bond acceptors (Lipinski definition) is 6. The second-order valence-electron chi connectivity index (χ2n) is 5.88. The highest BCUT2D eigenvalue weighted by atomic mass is 16.3. The highest BCUT2D eigenvalue weighted by Crippen LogP contribution is 2.32. The molecule has 0 bridgehead atoms. The number of hydrogen-bond donors (Lipinski definition) is 1. The molecule has 3 rings (SSSR count). The summed E-state index contributed by atoms with van der Waals surface area (Å²) in [5.41, 5.74) is 0.549. The topological polar surface area (TPSA) is 80.0 Å². The Morgan fingerprint density at radius 2 is 2.19 bits per heavy atom. The van der Waals surface area contributed by atoms with Crippen molar-refractivity contribution in [1.29, 1.82) is 0 Å². The maximum atomic E-state index is 10.8. The Kier molecular flexibility index (Phi) is 3.36. The average molecular weight is 288 g/mol. The first-order valence-electron chi connectivity index (χ1n) is 7.17. The molecule has 112 valence electrons. The van der Waals surface area contributed by atoms with Gasteiger partial charge in [-0.25, -0.2) is 14.6 Å². The normalized spacial score (nSPS) is 22.2. The van der Waals surface area contributed by atoms with Crippen molar-refractivity contribution in [2.24, 2.45) is 0 Å². The van der Waals surface area contributed by atoms with Gasteiger partial charge in [0.15, 0.2) is 0 Å². The molecule has 0 aromatic carbocycles. The molecule has 3 heterocycles. The molecule has 1 N–H and O–H groups in total. The van der Waals surface area contributed by atoms with E-state index in [1.165, 1.54) is 0 Å². The van der Waals surface area contributed by atoms with Gasteiger partial charge in [-0.1, -0.05) is 5.21 Å². The Hall–Kier alpha value is -2.02. The molecule has 0 amide bonds. The molecule has 7 heteroatoms. The van der Waals surface area contributed by atoms with Crippen molar-refractivity contribution >= 4 is 5.95 Å². The van der Waals surface area contributed by atoms with E-state index in [2.05, 4.69) is 20.3 Å². The van der Waals surface area contributed by atoms with Crippen LogP contribution in [-0.4, -0.2) is 43.2 Å². The molecule has 2 aromatic rings. The van der Waals surface area contributed by atoms with Gasteiger partial charge in [0, 0.05) is 30.9 Å². The molecule has 0 saturated carbocycles. The minimum Gasteiger partial charge on any atom is -0.381 e. The Morgan fingerprint density at radius 3 is 2.86 bits per heavy atom. The lowest BCUT2D eigenvalue weighted by Crippen LogP contribution is -2.32. The van der Waals surface area contributed by atoms with Crippen molar-refractivity contribution in [2.75, 3.05) is 18.0 Å². The highest BCUT2D eigenvalue weighted by Gasteiger charge is 2.41. The first-order chi connectivity index (χ1) is 9.98. The van der Waals surface area contributed by atoms with Crippen molar-refractivity contribution in [2.45, 2.75) is 38.8 Å². The molecule has 0 spiro atoms. The third kappa shape index (κ3) is 2.61. The summed E-state index contributed by atoms with van der Waals surface area (Å²) in [4.78, 5) is 10.7. The van der Waals surface area contributed by atoms with Crippen molar-refractivity contribution in [1.82, 2.24) is 25.0 Å². The third-order valence-corrected chi connectivity index (χ3v) is 3.83. The minimum absolute atomic E-state index is 0.229. The van der Waals surface area contributed by atoms with E-state index in [1.807, 2.05) is 37.9 Å². The zero-order chi connectivity index (χ0) is 15.0. The highest BCUT2D eigenvalue weighted by molar-refractivity contribution is 5.35. The van der Waals surface area contributed by atoms with Gasteiger partial charge in [-0.05, 0) is 26.8 Å². The first-order valence-corrected chi connectivity index (χ1v) is 7.17. The number of aromatic nitrogens is 5. The van der Waals surface area contributed by atoms with Crippen molar-refractivity contribution < 1.29 is 5.11 Å². The Balaban J connectivity index is 1.81. The molecule has 0 aliphatic carbocycles. The summed E-state index contributed by atoms with van der Waals surface area (Å²) in [7, 11) is 0. The Bertz CT molecular complexity index is 640. The van der Waals surface area contributed by atoms with Crippen LogP contribution in [0.15, 0.2) is 18.5 Å². The van der Waals surface area contributed by atoms with Crippen molar-refractivity contribution in [3.63, 3.8) is 0 Å². The number of β-amino-alcohol motifs (C(OH)–C–C–N with tert-alkyl or cyclic N) is 1. The summed E-state index contributed by atoms with van der Waals surface area (Å²) in [5, 5.41) is 19.1. The van der Waals surface area contributed by atoms with E-state index in [-0.39, 0.29) is 6.04 Å². The first kappa shape index (κ1) is 13.9. The van der Waals surface area contributed by atoms with E-state index in [4.69, 9.17) is 0 Å². The van der Waals surface area contributed by atoms with Gasteiger partial charge in [-0.2, -0.15) is 0 Å². The molecule has 1 saturated heterocycles. The van der Waals surface area contributed by atoms with Crippen LogP contribution >= 0.6 is 0 Å². The van der Waals surface area contributed by atoms with E-state index >= 15 is 0 Å². The molecule has 1 aliphatic heterocycles. The lowest BCUT2D eigenvalue weighted by Gasteiger charge is -2.21. The predicted molar refractivity (Wildman–Crippen MR) is 77.9 cm³/mol. The summed E-state index contributed by atoms with van der Waals surface area (Å²) in [6, 6.07) is 2.09. The Morgan fingerprint density at radius 1 is 1.38 bits per heavy atom. The monoisotopic (exact) mass is 288 g/mol. The maximum Gasteiger partial charge on any atom is 0.225 e. The third-order valence-electron chi connectivity index (χ3n) is 3.83. The molecule has 0 radical (unpaired) electrons. The lowest BCUT2D eigenvalue weighted by atomic mass is 10.00. The smallest absolute Gasteiger partial charge is 0.225 e. The standard InChI is InChI=1S/C14H20N6O/c1-10(2)20-8-12(17-18-20)14(21)5-7-19(9-14)13-15-6-4-11(3)16-13/h4,6,8,10,21H,5,7,9H2,1-3H3/t14-/m1/s1. The van der Waals surface area contributed by atoms with Crippen LogP contribution in [0.4, 0.5) is 5.95 Å². The molecule has 0 unspecified atom stereocenters. The van der Waals surface area contributed by atoms with Crippen LogP contribution in [0.2, 0.25) is 0 Å². The summed E-state index contributed by atoms with van der Waals surface area (Å²) in [6.07, 6.45) is 4.16. The molecule has 1 fully saturated rings. The van der Waals surface area contributed by atoms with E-state index in [0.717, 1.165) is 5.69 Å². The summed E-state index contributed by atoms with van der Waals surface area (Å²) in [5.74, 6) is 0.655. The van der Waals surface area contributed by atoms with Gasteiger partial charge < -0.3 is 10.0 Å². The fraction of sp³-hybridized carbons (Fsp3) is 0.571. The van der Waals surface area contributed by atoms with Crippen LogP contribution < -0.4 is 4.90 Å². The van der Waals surface area contributed by atoms with E-state index in [0.29, 0.717) is 31.2 Å². The number of aliphatic hydroxyl groups is 1. The second-order valence-corrected chi connectivity index (χ2v) is 5.88.